The zero-order valence-electron chi connectivity index (χ0n) is 22.1. The zero-order chi connectivity index (χ0) is 26.3. The third kappa shape index (κ3) is 5.24. The number of hydrogen-bond acceptors (Lipinski definition) is 6. The number of aromatic nitrogens is 4. The van der Waals surface area contributed by atoms with E-state index in [4.69, 9.17) is 18.9 Å². The van der Waals surface area contributed by atoms with Crippen LogP contribution < -0.4 is 0 Å². The van der Waals surface area contributed by atoms with Gasteiger partial charge in [-0.25, -0.2) is 9.97 Å². The van der Waals surface area contributed by atoms with Crippen LogP contribution in [0.3, 0.4) is 0 Å². The van der Waals surface area contributed by atoms with Crippen LogP contribution in [0.25, 0.3) is 22.1 Å². The molecule has 4 aliphatic rings. The van der Waals surface area contributed by atoms with E-state index in [1.807, 2.05) is 24.8 Å². The van der Waals surface area contributed by atoms with Crippen LogP contribution in [0.2, 0.25) is 0 Å². The number of nitrogens with one attached hydrogen (secondary N) is 2. The lowest BCUT2D eigenvalue weighted by atomic mass is 9.81. The summed E-state index contributed by atoms with van der Waals surface area (Å²) in [5.41, 5.74) is 4.65. The second-order valence-corrected chi connectivity index (χ2v) is 12.4. The fourth-order valence-electron chi connectivity index (χ4n) is 6.74. The standard InChI is InChI=1S/C15H17IN2O2.C15H18N2O2/c16-13-9-18-14-12(13)7-11(8-17-14)10-1-3-15(4-2-10)19-5-6-20-15;1-4-15(18-7-8-19-15)5-2-11(1)13-9-12-3-6-16-14(12)17-10-13/h7-10H,1-6H2,(H,17,18);3,6,9-11H,1-2,4-5,7-8H2,(H,16,17). The average molecular weight is 643 g/mol. The molecular formula is C30H35IN4O4. The molecule has 4 fully saturated rings. The minimum Gasteiger partial charge on any atom is -0.348 e. The van der Waals surface area contributed by atoms with E-state index in [-0.39, 0.29) is 11.6 Å². The summed E-state index contributed by atoms with van der Waals surface area (Å²) >= 11 is 2.36. The number of rotatable bonds is 2. The van der Waals surface area contributed by atoms with Crippen molar-refractivity contribution in [1.29, 1.82) is 0 Å². The molecule has 9 heteroatoms. The van der Waals surface area contributed by atoms with Gasteiger partial charge in [0.05, 0.1) is 26.4 Å². The Morgan fingerprint density at radius 1 is 0.718 bits per heavy atom. The highest BCUT2D eigenvalue weighted by Gasteiger charge is 2.41. The average Bonchev–Trinajstić information content (AvgIpc) is 3.79. The van der Waals surface area contributed by atoms with Gasteiger partial charge in [-0.3, -0.25) is 0 Å². The summed E-state index contributed by atoms with van der Waals surface area (Å²) in [7, 11) is 0. The molecule has 2 N–H and O–H groups in total. The molecule has 0 bridgehead atoms. The Labute approximate surface area is 241 Å². The number of ether oxygens (including phenoxy) is 4. The van der Waals surface area contributed by atoms with Crippen molar-refractivity contribution >= 4 is 44.7 Å². The van der Waals surface area contributed by atoms with Crippen LogP contribution in [0.15, 0.2) is 43.0 Å². The lowest BCUT2D eigenvalue weighted by Crippen LogP contribution is -2.34. The normalized spacial score (nSPS) is 24.5. The Hall–Kier alpha value is -2.05. The maximum Gasteiger partial charge on any atom is 0.168 e. The van der Waals surface area contributed by atoms with Gasteiger partial charge in [0.2, 0.25) is 0 Å². The second-order valence-electron chi connectivity index (χ2n) is 11.2. The molecule has 2 aliphatic carbocycles. The molecule has 2 saturated carbocycles. The molecular weight excluding hydrogens is 607 g/mol. The molecule has 0 aromatic carbocycles. The van der Waals surface area contributed by atoms with Gasteiger partial charge in [-0.05, 0) is 89.4 Å². The number of hydrogen-bond donors (Lipinski definition) is 2. The third-order valence-electron chi connectivity index (χ3n) is 8.99. The van der Waals surface area contributed by atoms with Crippen molar-refractivity contribution in [1.82, 2.24) is 19.9 Å². The first-order valence-corrected chi connectivity index (χ1v) is 15.3. The van der Waals surface area contributed by atoms with Gasteiger partial charge in [0, 0.05) is 64.8 Å². The van der Waals surface area contributed by atoms with E-state index in [0.29, 0.717) is 11.8 Å². The molecule has 6 heterocycles. The highest BCUT2D eigenvalue weighted by Crippen LogP contribution is 2.43. The smallest absolute Gasteiger partial charge is 0.168 e. The Morgan fingerprint density at radius 3 is 1.85 bits per heavy atom. The van der Waals surface area contributed by atoms with Gasteiger partial charge >= 0.3 is 0 Å². The lowest BCUT2D eigenvalue weighted by molar-refractivity contribution is -0.179. The van der Waals surface area contributed by atoms with E-state index in [1.165, 1.54) is 25.5 Å². The Bertz CT molecular complexity index is 1420. The molecule has 8 rings (SSSR count). The molecule has 4 aromatic heterocycles. The summed E-state index contributed by atoms with van der Waals surface area (Å²) < 4.78 is 24.4. The maximum atomic E-state index is 5.80. The molecule has 0 radical (unpaired) electrons. The molecule has 0 atom stereocenters. The fraction of sp³-hybridized carbons (Fsp3) is 0.533. The molecule has 2 spiro atoms. The van der Waals surface area contributed by atoms with Crippen molar-refractivity contribution in [3.8, 4) is 0 Å². The topological polar surface area (TPSA) is 94.3 Å². The highest BCUT2D eigenvalue weighted by molar-refractivity contribution is 14.1. The van der Waals surface area contributed by atoms with E-state index in [1.54, 1.807) is 0 Å². The van der Waals surface area contributed by atoms with Gasteiger partial charge in [0.15, 0.2) is 11.6 Å². The molecule has 0 unspecified atom stereocenters. The number of pyridine rings is 2. The molecule has 4 aromatic rings. The maximum absolute atomic E-state index is 5.80. The van der Waals surface area contributed by atoms with Gasteiger partial charge in [-0.15, -0.1) is 0 Å². The van der Waals surface area contributed by atoms with Crippen molar-refractivity contribution in [2.45, 2.75) is 74.8 Å². The minimum atomic E-state index is -0.267. The predicted octanol–water partition coefficient (Wildman–Crippen LogP) is 6.53. The van der Waals surface area contributed by atoms with Gasteiger partial charge in [0.25, 0.3) is 0 Å². The van der Waals surface area contributed by atoms with Crippen molar-refractivity contribution in [2.24, 2.45) is 0 Å². The monoisotopic (exact) mass is 642 g/mol. The summed E-state index contributed by atoms with van der Waals surface area (Å²) in [5.74, 6) is 0.639. The summed E-state index contributed by atoms with van der Waals surface area (Å²) in [6.07, 6.45) is 16.5. The van der Waals surface area contributed by atoms with Gasteiger partial charge in [-0.2, -0.15) is 0 Å². The van der Waals surface area contributed by atoms with Crippen molar-refractivity contribution in [3.05, 3.63) is 57.7 Å². The zero-order valence-corrected chi connectivity index (χ0v) is 24.2. The van der Waals surface area contributed by atoms with Crippen LogP contribution in [-0.4, -0.2) is 57.9 Å². The first kappa shape index (κ1) is 25.9. The Kier molecular flexibility index (Phi) is 7.13. The van der Waals surface area contributed by atoms with E-state index in [9.17, 15) is 0 Å². The largest absolute Gasteiger partial charge is 0.348 e. The number of aromatic amines is 2. The van der Waals surface area contributed by atoms with Crippen molar-refractivity contribution in [2.75, 3.05) is 26.4 Å². The summed E-state index contributed by atoms with van der Waals surface area (Å²) in [6.45, 7) is 3.00. The van der Waals surface area contributed by atoms with Crippen LogP contribution >= 0.6 is 22.6 Å². The molecule has 2 aliphatic heterocycles. The van der Waals surface area contributed by atoms with Crippen molar-refractivity contribution < 1.29 is 18.9 Å². The summed E-state index contributed by atoms with van der Waals surface area (Å²) in [6, 6.07) is 6.64. The van der Waals surface area contributed by atoms with Crippen LogP contribution in [0, 0.1) is 3.57 Å². The molecule has 2 saturated heterocycles. The van der Waals surface area contributed by atoms with Crippen LogP contribution in [-0.2, 0) is 18.9 Å². The van der Waals surface area contributed by atoms with E-state index in [0.717, 1.165) is 89.1 Å². The highest BCUT2D eigenvalue weighted by atomic mass is 127. The first-order valence-electron chi connectivity index (χ1n) is 14.2. The van der Waals surface area contributed by atoms with Gasteiger partial charge in [-0.1, -0.05) is 0 Å². The lowest BCUT2D eigenvalue weighted by Gasteiger charge is -2.35. The molecule has 0 amide bonds. The molecule has 8 nitrogen and oxygen atoms in total. The van der Waals surface area contributed by atoms with E-state index in [2.05, 4.69) is 60.7 Å². The van der Waals surface area contributed by atoms with Crippen LogP contribution in [0.1, 0.15) is 74.3 Å². The number of H-pyrrole nitrogens is 2. The second kappa shape index (κ2) is 10.7. The first-order chi connectivity index (χ1) is 19.1. The van der Waals surface area contributed by atoms with E-state index >= 15 is 0 Å². The number of halogens is 1. The summed E-state index contributed by atoms with van der Waals surface area (Å²) in [5, 5.41) is 2.43. The van der Waals surface area contributed by atoms with Crippen LogP contribution in [0.4, 0.5) is 0 Å². The number of nitrogens with zero attached hydrogens (tertiary/aromatic N) is 2. The van der Waals surface area contributed by atoms with Crippen LogP contribution in [0.5, 0.6) is 0 Å². The number of fused-ring (bicyclic) bond motifs is 2. The van der Waals surface area contributed by atoms with Gasteiger partial charge < -0.3 is 28.9 Å². The summed E-state index contributed by atoms with van der Waals surface area (Å²) in [4.78, 5) is 15.4. The van der Waals surface area contributed by atoms with Gasteiger partial charge in [0.1, 0.15) is 11.3 Å². The molecule has 206 valence electrons. The Balaban J connectivity index is 0.000000130. The Morgan fingerprint density at radius 2 is 1.26 bits per heavy atom. The predicted molar refractivity (Wildman–Crippen MR) is 157 cm³/mol. The van der Waals surface area contributed by atoms with Crippen molar-refractivity contribution in [3.63, 3.8) is 0 Å². The molecule has 39 heavy (non-hydrogen) atoms. The minimum absolute atomic E-state index is 0.262. The quantitative estimate of drug-likeness (QED) is 0.242. The fourth-order valence-corrected chi connectivity index (χ4v) is 7.31. The third-order valence-corrected chi connectivity index (χ3v) is 9.88. The SMILES string of the molecule is Ic1c[nH]c2ncc(C3CCC4(CC3)OCCO4)cc12.c1cc2cc(C3CCC4(CC3)OCCO4)cnc2[nH]1. The van der Waals surface area contributed by atoms with E-state index < -0.39 is 0 Å².